The molecule has 3 aromatic rings. The first kappa shape index (κ1) is 11.1. The Bertz CT molecular complexity index is 861. The van der Waals surface area contributed by atoms with E-state index in [1.165, 1.54) is 12.3 Å². The van der Waals surface area contributed by atoms with Gasteiger partial charge in [-0.3, -0.25) is 4.79 Å². The number of H-pyrrole nitrogens is 1. The van der Waals surface area contributed by atoms with Crippen molar-refractivity contribution in [3.05, 3.63) is 58.5 Å². The third-order valence-corrected chi connectivity index (χ3v) is 2.81. The molecule has 2 aromatic heterocycles. The lowest BCUT2D eigenvalue weighted by Crippen LogP contribution is -2.09. The summed E-state index contributed by atoms with van der Waals surface area (Å²) in [5.41, 5.74) is 1.74. The van der Waals surface area contributed by atoms with Gasteiger partial charge >= 0.3 is 0 Å². The van der Waals surface area contributed by atoms with Gasteiger partial charge < -0.3 is 4.98 Å². The van der Waals surface area contributed by atoms with Gasteiger partial charge in [0.2, 0.25) is 0 Å². The lowest BCUT2D eigenvalue weighted by Gasteiger charge is -2.02. The van der Waals surface area contributed by atoms with Crippen LogP contribution in [0.3, 0.4) is 0 Å². The fourth-order valence-corrected chi connectivity index (χ4v) is 1.84. The second kappa shape index (κ2) is 4.35. The van der Waals surface area contributed by atoms with Crippen LogP contribution >= 0.6 is 0 Å². The van der Waals surface area contributed by atoms with Crippen molar-refractivity contribution >= 4 is 10.9 Å². The molecule has 1 aromatic carbocycles. The number of nitrogens with one attached hydrogen (secondary N) is 1. The van der Waals surface area contributed by atoms with Crippen molar-refractivity contribution in [2.45, 2.75) is 0 Å². The highest BCUT2D eigenvalue weighted by Crippen LogP contribution is 2.19. The summed E-state index contributed by atoms with van der Waals surface area (Å²) >= 11 is 0. The van der Waals surface area contributed by atoms with E-state index < -0.39 is 5.56 Å². The Balaban J connectivity index is 2.19. The SMILES string of the molecule is N#Cc1cc(-c2cc3ccccc3nn2)c[nH]c1=O. The maximum Gasteiger partial charge on any atom is 0.265 e. The predicted molar refractivity (Wildman–Crippen MR) is 70.3 cm³/mol. The zero-order valence-electron chi connectivity index (χ0n) is 9.79. The summed E-state index contributed by atoms with van der Waals surface area (Å²) in [6.45, 7) is 0. The first-order valence-corrected chi connectivity index (χ1v) is 5.63. The van der Waals surface area contributed by atoms with Crippen LogP contribution in [0.5, 0.6) is 0 Å². The summed E-state index contributed by atoms with van der Waals surface area (Å²) < 4.78 is 0. The molecule has 5 nitrogen and oxygen atoms in total. The Morgan fingerprint density at radius 3 is 2.84 bits per heavy atom. The summed E-state index contributed by atoms with van der Waals surface area (Å²) in [6, 6.07) is 12.9. The Hall–Kier alpha value is -3.00. The van der Waals surface area contributed by atoms with Crippen LogP contribution in [0.1, 0.15) is 5.56 Å². The molecular formula is C14H8N4O. The summed E-state index contributed by atoms with van der Waals surface area (Å²) in [5, 5.41) is 18.0. The van der Waals surface area contributed by atoms with E-state index in [9.17, 15) is 4.79 Å². The van der Waals surface area contributed by atoms with Crippen LogP contribution in [-0.4, -0.2) is 15.2 Å². The standard InChI is InChI=1S/C14H8N4O/c15-7-10-5-11(8-16-14(10)19)13-6-9-3-1-2-4-12(9)17-18-13/h1-6,8H,(H,16,19). The van der Waals surface area contributed by atoms with Crippen molar-refractivity contribution in [1.82, 2.24) is 15.2 Å². The van der Waals surface area contributed by atoms with E-state index in [4.69, 9.17) is 5.26 Å². The molecule has 90 valence electrons. The highest BCUT2D eigenvalue weighted by Gasteiger charge is 2.06. The minimum atomic E-state index is -0.403. The lowest BCUT2D eigenvalue weighted by molar-refractivity contribution is 1.08. The number of hydrogen-bond donors (Lipinski definition) is 1. The summed E-state index contributed by atoms with van der Waals surface area (Å²) in [7, 11) is 0. The summed E-state index contributed by atoms with van der Waals surface area (Å²) in [4.78, 5) is 13.9. The highest BCUT2D eigenvalue weighted by atomic mass is 16.1. The number of benzene rings is 1. The first-order chi connectivity index (χ1) is 9.28. The molecule has 0 aliphatic carbocycles. The molecule has 0 fully saturated rings. The van der Waals surface area contributed by atoms with Crippen LogP contribution in [0.25, 0.3) is 22.2 Å². The van der Waals surface area contributed by atoms with E-state index in [-0.39, 0.29) is 5.56 Å². The van der Waals surface area contributed by atoms with Crippen LogP contribution in [0.2, 0.25) is 0 Å². The number of rotatable bonds is 1. The van der Waals surface area contributed by atoms with Gasteiger partial charge in [0.1, 0.15) is 11.6 Å². The first-order valence-electron chi connectivity index (χ1n) is 5.63. The van der Waals surface area contributed by atoms with E-state index in [1.54, 1.807) is 0 Å². The molecule has 0 saturated heterocycles. The quantitative estimate of drug-likeness (QED) is 0.712. The molecule has 0 aliphatic rings. The number of aromatic amines is 1. The Morgan fingerprint density at radius 2 is 2.00 bits per heavy atom. The Kier molecular flexibility index (Phi) is 2.54. The lowest BCUT2D eigenvalue weighted by atomic mass is 10.1. The van der Waals surface area contributed by atoms with E-state index in [0.717, 1.165) is 10.9 Å². The molecule has 0 saturated carbocycles. The third-order valence-electron chi connectivity index (χ3n) is 2.81. The van der Waals surface area contributed by atoms with E-state index in [2.05, 4.69) is 15.2 Å². The molecule has 0 radical (unpaired) electrons. The van der Waals surface area contributed by atoms with Crippen LogP contribution in [0, 0.1) is 11.3 Å². The van der Waals surface area contributed by atoms with Gasteiger partial charge in [-0.2, -0.15) is 5.26 Å². The Morgan fingerprint density at radius 1 is 1.16 bits per heavy atom. The molecule has 0 spiro atoms. The van der Waals surface area contributed by atoms with Gasteiger partial charge in [-0.05, 0) is 18.2 Å². The number of hydrogen-bond acceptors (Lipinski definition) is 4. The molecule has 1 N–H and O–H groups in total. The van der Waals surface area contributed by atoms with Crippen LogP contribution in [-0.2, 0) is 0 Å². The average molecular weight is 248 g/mol. The molecule has 3 rings (SSSR count). The molecule has 0 bridgehead atoms. The average Bonchev–Trinajstić information content (AvgIpc) is 2.47. The highest BCUT2D eigenvalue weighted by molar-refractivity contribution is 5.81. The van der Waals surface area contributed by atoms with Gasteiger partial charge in [0.25, 0.3) is 5.56 Å². The maximum atomic E-state index is 11.3. The fourth-order valence-electron chi connectivity index (χ4n) is 1.84. The monoisotopic (exact) mass is 248 g/mol. The second-order valence-electron chi connectivity index (χ2n) is 4.03. The van der Waals surface area contributed by atoms with Crippen molar-refractivity contribution in [1.29, 1.82) is 5.26 Å². The molecule has 5 heteroatoms. The zero-order chi connectivity index (χ0) is 13.2. The number of pyridine rings is 1. The minimum absolute atomic E-state index is 0.0625. The van der Waals surface area contributed by atoms with Crippen molar-refractivity contribution in [2.75, 3.05) is 0 Å². The molecule has 0 amide bonds. The summed E-state index contributed by atoms with van der Waals surface area (Å²) in [5.74, 6) is 0. The van der Waals surface area contributed by atoms with E-state index >= 15 is 0 Å². The van der Waals surface area contributed by atoms with Crippen molar-refractivity contribution < 1.29 is 0 Å². The summed E-state index contributed by atoms with van der Waals surface area (Å²) in [6.07, 6.45) is 1.53. The maximum absolute atomic E-state index is 11.3. The number of aromatic nitrogens is 3. The second-order valence-corrected chi connectivity index (χ2v) is 4.03. The van der Waals surface area contributed by atoms with Crippen molar-refractivity contribution in [2.24, 2.45) is 0 Å². The number of fused-ring (bicyclic) bond motifs is 1. The molecular weight excluding hydrogens is 240 g/mol. The van der Waals surface area contributed by atoms with E-state index in [1.807, 2.05) is 36.4 Å². The van der Waals surface area contributed by atoms with Crippen LogP contribution in [0.15, 0.2) is 47.4 Å². The third kappa shape index (κ3) is 1.96. The molecule has 0 unspecified atom stereocenters. The Labute approximate surface area is 108 Å². The van der Waals surface area contributed by atoms with E-state index in [0.29, 0.717) is 11.3 Å². The van der Waals surface area contributed by atoms with Crippen molar-refractivity contribution in [3.8, 4) is 17.3 Å². The zero-order valence-corrected chi connectivity index (χ0v) is 9.79. The predicted octanol–water partition coefficient (Wildman–Crippen LogP) is 1.86. The van der Waals surface area contributed by atoms with Crippen LogP contribution in [0.4, 0.5) is 0 Å². The fraction of sp³-hybridized carbons (Fsp3) is 0. The van der Waals surface area contributed by atoms with Gasteiger partial charge in [-0.15, -0.1) is 10.2 Å². The number of nitrogens with zero attached hydrogens (tertiary/aromatic N) is 3. The van der Waals surface area contributed by atoms with Gasteiger partial charge in [0.15, 0.2) is 0 Å². The van der Waals surface area contributed by atoms with Gasteiger partial charge in [-0.25, -0.2) is 0 Å². The van der Waals surface area contributed by atoms with Crippen molar-refractivity contribution in [3.63, 3.8) is 0 Å². The number of nitriles is 1. The topological polar surface area (TPSA) is 82.4 Å². The van der Waals surface area contributed by atoms with Gasteiger partial charge in [0.05, 0.1) is 11.2 Å². The normalized spacial score (nSPS) is 10.3. The molecule has 0 atom stereocenters. The van der Waals surface area contributed by atoms with Gasteiger partial charge in [-0.1, -0.05) is 18.2 Å². The minimum Gasteiger partial charge on any atom is -0.327 e. The van der Waals surface area contributed by atoms with Gasteiger partial charge in [0, 0.05) is 17.1 Å². The smallest absolute Gasteiger partial charge is 0.265 e. The molecule has 2 heterocycles. The molecule has 0 aliphatic heterocycles. The molecule has 19 heavy (non-hydrogen) atoms. The largest absolute Gasteiger partial charge is 0.327 e. The van der Waals surface area contributed by atoms with Crippen LogP contribution < -0.4 is 5.56 Å².